The summed E-state index contributed by atoms with van der Waals surface area (Å²) in [5, 5.41) is 3.23. The predicted octanol–water partition coefficient (Wildman–Crippen LogP) is 4.72. The van der Waals surface area contributed by atoms with Crippen LogP contribution in [0.3, 0.4) is 0 Å². The van der Waals surface area contributed by atoms with Gasteiger partial charge in [-0.25, -0.2) is 0 Å². The zero-order chi connectivity index (χ0) is 23.3. The van der Waals surface area contributed by atoms with Crippen molar-refractivity contribution in [1.82, 2.24) is 10.2 Å². The van der Waals surface area contributed by atoms with Gasteiger partial charge in [-0.3, -0.25) is 14.5 Å². The topological polar surface area (TPSA) is 52.7 Å². The molecule has 2 heterocycles. The molecule has 2 aliphatic heterocycles. The number of nitrogens with zero attached hydrogens (tertiary/aromatic N) is 2. The van der Waals surface area contributed by atoms with Gasteiger partial charge in [0.15, 0.2) is 0 Å². The van der Waals surface area contributed by atoms with Crippen molar-refractivity contribution in [2.75, 3.05) is 23.7 Å². The molecule has 1 N–H and O–H groups in total. The Morgan fingerprint density at radius 1 is 0.882 bits per heavy atom. The minimum Gasteiger partial charge on any atom is -0.349 e. The van der Waals surface area contributed by atoms with Gasteiger partial charge in [-0.2, -0.15) is 0 Å². The Morgan fingerprint density at radius 3 is 2.44 bits per heavy atom. The Kier molecular flexibility index (Phi) is 6.97. The van der Waals surface area contributed by atoms with Crippen molar-refractivity contribution in [3.8, 4) is 0 Å². The Balaban J connectivity index is 1.18. The molecule has 2 amide bonds. The van der Waals surface area contributed by atoms with Gasteiger partial charge in [0.25, 0.3) is 5.91 Å². The van der Waals surface area contributed by atoms with Gasteiger partial charge in [0, 0.05) is 36.1 Å². The van der Waals surface area contributed by atoms with E-state index >= 15 is 0 Å². The van der Waals surface area contributed by atoms with E-state index in [0.717, 1.165) is 48.6 Å². The zero-order valence-electron chi connectivity index (χ0n) is 19.2. The molecule has 1 fully saturated rings. The normalized spacial score (nSPS) is 16.8. The number of carbonyl (C=O) groups excluding carboxylic acids is 2. The SMILES string of the molecule is O=C(NC1CCN(Cc2ccccc2)CC1)c1cccc(CN2C(=O)CSc3ccccc32)c1. The number of amides is 2. The number of piperidine rings is 1. The van der Waals surface area contributed by atoms with Gasteiger partial charge in [-0.1, -0.05) is 54.6 Å². The lowest BCUT2D eigenvalue weighted by molar-refractivity contribution is -0.116. The van der Waals surface area contributed by atoms with Gasteiger partial charge in [-0.05, 0) is 48.2 Å². The highest BCUT2D eigenvalue weighted by atomic mass is 32.2. The number of likely N-dealkylation sites (tertiary alicyclic amines) is 1. The first-order valence-corrected chi connectivity index (χ1v) is 12.8. The summed E-state index contributed by atoms with van der Waals surface area (Å²) < 4.78 is 0. The summed E-state index contributed by atoms with van der Waals surface area (Å²) in [6, 6.07) is 26.4. The van der Waals surface area contributed by atoms with Crippen molar-refractivity contribution in [3.05, 3.63) is 95.6 Å². The Bertz CT molecular complexity index is 1160. The summed E-state index contributed by atoms with van der Waals surface area (Å²) in [4.78, 5) is 31.0. The van der Waals surface area contributed by atoms with Crippen molar-refractivity contribution >= 4 is 29.3 Å². The molecular weight excluding hydrogens is 442 g/mol. The molecule has 0 radical (unpaired) electrons. The van der Waals surface area contributed by atoms with E-state index < -0.39 is 0 Å². The van der Waals surface area contributed by atoms with Gasteiger partial charge in [-0.15, -0.1) is 11.8 Å². The smallest absolute Gasteiger partial charge is 0.251 e. The number of nitrogens with one attached hydrogen (secondary N) is 1. The van der Waals surface area contributed by atoms with Gasteiger partial charge < -0.3 is 10.2 Å². The Labute approximate surface area is 205 Å². The lowest BCUT2D eigenvalue weighted by atomic mass is 10.0. The van der Waals surface area contributed by atoms with Gasteiger partial charge in [0.05, 0.1) is 18.0 Å². The first kappa shape index (κ1) is 22.7. The third-order valence-corrected chi connectivity index (χ3v) is 7.56. The number of rotatable bonds is 6. The number of thioether (sulfide) groups is 1. The van der Waals surface area contributed by atoms with E-state index in [1.807, 2.05) is 53.4 Å². The minimum atomic E-state index is -0.0377. The summed E-state index contributed by atoms with van der Waals surface area (Å²) in [5.41, 5.74) is 3.88. The monoisotopic (exact) mass is 471 g/mol. The highest BCUT2D eigenvalue weighted by molar-refractivity contribution is 8.00. The maximum absolute atomic E-state index is 13.0. The summed E-state index contributed by atoms with van der Waals surface area (Å²) in [6.07, 6.45) is 1.91. The quantitative estimate of drug-likeness (QED) is 0.565. The second kappa shape index (κ2) is 10.5. The number of benzene rings is 3. The van der Waals surface area contributed by atoms with Gasteiger partial charge >= 0.3 is 0 Å². The van der Waals surface area contributed by atoms with Crippen LogP contribution in [0.5, 0.6) is 0 Å². The molecule has 34 heavy (non-hydrogen) atoms. The standard InChI is InChI=1S/C28H29N3O2S/c32-27-20-34-26-12-5-4-11-25(26)31(27)19-22-9-6-10-23(17-22)28(33)29-24-13-15-30(16-14-24)18-21-7-2-1-3-8-21/h1-12,17,24H,13-16,18-20H2,(H,29,33). The molecule has 0 bridgehead atoms. The molecule has 0 saturated carbocycles. The molecule has 0 atom stereocenters. The summed E-state index contributed by atoms with van der Waals surface area (Å²) in [5.74, 6) is 0.505. The maximum atomic E-state index is 13.0. The molecule has 3 aromatic rings. The van der Waals surface area contributed by atoms with E-state index in [-0.39, 0.29) is 17.9 Å². The largest absolute Gasteiger partial charge is 0.349 e. The van der Waals surface area contributed by atoms with Crippen LogP contribution in [-0.4, -0.2) is 41.6 Å². The minimum absolute atomic E-state index is 0.0377. The van der Waals surface area contributed by atoms with Crippen molar-refractivity contribution in [2.45, 2.75) is 36.9 Å². The van der Waals surface area contributed by atoms with Crippen LogP contribution in [0.2, 0.25) is 0 Å². The van der Waals surface area contributed by atoms with Crippen molar-refractivity contribution < 1.29 is 9.59 Å². The maximum Gasteiger partial charge on any atom is 0.251 e. The predicted molar refractivity (Wildman–Crippen MR) is 137 cm³/mol. The lowest BCUT2D eigenvalue weighted by Crippen LogP contribution is -2.44. The Hall–Kier alpha value is -3.09. The number of hydrogen-bond donors (Lipinski definition) is 1. The van der Waals surface area contributed by atoms with Crippen LogP contribution in [0.25, 0.3) is 0 Å². The van der Waals surface area contributed by atoms with E-state index in [1.54, 1.807) is 11.8 Å². The molecular formula is C28H29N3O2S. The number of carbonyl (C=O) groups is 2. The molecule has 0 spiro atoms. The molecule has 5 nitrogen and oxygen atoms in total. The van der Waals surface area contributed by atoms with E-state index in [0.29, 0.717) is 17.9 Å². The summed E-state index contributed by atoms with van der Waals surface area (Å²) in [7, 11) is 0. The lowest BCUT2D eigenvalue weighted by Gasteiger charge is -2.32. The second-order valence-electron chi connectivity index (χ2n) is 8.95. The van der Waals surface area contributed by atoms with Gasteiger partial charge in [0.2, 0.25) is 5.91 Å². The molecule has 0 unspecified atom stereocenters. The average molecular weight is 472 g/mol. The van der Waals surface area contributed by atoms with Crippen LogP contribution in [-0.2, 0) is 17.9 Å². The Morgan fingerprint density at radius 2 is 1.62 bits per heavy atom. The van der Waals surface area contributed by atoms with E-state index in [9.17, 15) is 9.59 Å². The van der Waals surface area contributed by atoms with Gasteiger partial charge in [0.1, 0.15) is 0 Å². The third kappa shape index (κ3) is 5.34. The summed E-state index contributed by atoms with van der Waals surface area (Å²) in [6.45, 7) is 3.39. The second-order valence-corrected chi connectivity index (χ2v) is 9.96. The number of fused-ring (bicyclic) bond motifs is 1. The molecule has 174 valence electrons. The first-order valence-electron chi connectivity index (χ1n) is 11.8. The van der Waals surface area contributed by atoms with Crippen molar-refractivity contribution in [3.63, 3.8) is 0 Å². The fourth-order valence-electron chi connectivity index (χ4n) is 4.67. The van der Waals surface area contributed by atoms with E-state index in [1.165, 1.54) is 5.56 Å². The molecule has 2 aliphatic rings. The molecule has 0 aliphatic carbocycles. The van der Waals surface area contributed by atoms with Crippen LogP contribution in [0.4, 0.5) is 5.69 Å². The fourth-order valence-corrected chi connectivity index (χ4v) is 5.60. The molecule has 3 aromatic carbocycles. The first-order chi connectivity index (χ1) is 16.7. The number of anilines is 1. The van der Waals surface area contributed by atoms with Crippen LogP contribution < -0.4 is 10.2 Å². The molecule has 6 heteroatoms. The van der Waals surface area contributed by atoms with Crippen molar-refractivity contribution in [1.29, 1.82) is 0 Å². The zero-order valence-corrected chi connectivity index (χ0v) is 20.0. The fraction of sp³-hybridized carbons (Fsp3) is 0.286. The van der Waals surface area contributed by atoms with Crippen molar-refractivity contribution in [2.24, 2.45) is 0 Å². The average Bonchev–Trinajstić information content (AvgIpc) is 2.88. The molecule has 0 aromatic heterocycles. The van der Waals surface area contributed by atoms with Crippen LogP contribution in [0.15, 0.2) is 83.8 Å². The van der Waals surface area contributed by atoms with E-state index in [2.05, 4.69) is 40.5 Å². The number of para-hydroxylation sites is 1. The van der Waals surface area contributed by atoms with Crippen LogP contribution in [0, 0.1) is 0 Å². The van der Waals surface area contributed by atoms with E-state index in [4.69, 9.17) is 0 Å². The highest BCUT2D eigenvalue weighted by Crippen LogP contribution is 2.35. The highest BCUT2D eigenvalue weighted by Gasteiger charge is 2.25. The third-order valence-electron chi connectivity index (χ3n) is 6.51. The van der Waals surface area contributed by atoms with Crippen LogP contribution >= 0.6 is 11.8 Å². The van der Waals surface area contributed by atoms with Crippen LogP contribution in [0.1, 0.15) is 34.3 Å². The summed E-state index contributed by atoms with van der Waals surface area (Å²) >= 11 is 1.58. The molecule has 5 rings (SSSR count). The molecule has 1 saturated heterocycles. The number of hydrogen-bond acceptors (Lipinski definition) is 4.